The van der Waals surface area contributed by atoms with Crippen molar-refractivity contribution >= 4 is 29.5 Å². The first-order valence-electron chi connectivity index (χ1n) is 7.12. The number of carbonyl (C=O) groups is 1. The molecule has 1 saturated carbocycles. The molecule has 0 aliphatic heterocycles. The lowest BCUT2D eigenvalue weighted by Crippen LogP contribution is -2.68. The lowest BCUT2D eigenvalue weighted by atomic mass is 9.55. The maximum Gasteiger partial charge on any atom is 0.227 e. The van der Waals surface area contributed by atoms with Crippen molar-refractivity contribution in [2.24, 2.45) is 5.41 Å². The molecule has 0 radical (unpaired) electrons. The monoisotopic (exact) mass is 328 g/mol. The van der Waals surface area contributed by atoms with E-state index in [0.29, 0.717) is 6.42 Å². The second-order valence-corrected chi connectivity index (χ2v) is 8.39. The molecular formula is C15H24N2O2S2. The molecule has 0 saturated heterocycles. The molecule has 0 unspecified atom stereocenters. The largest absolute Gasteiger partial charge is 0.378 e. The standard InChI is InChI=1S/C15H24N2O2S2/c1-9-10(21-13(20)16-9)7-12(18)17(5)11-8-15(4,19-6)14(11,2)3/h11H,7-8H2,1-6H3,(H,16,20)/t11-,15+/m1/s1. The second-order valence-electron chi connectivity index (χ2n) is 6.62. The Bertz CT molecular complexity index is 605. The molecule has 1 heterocycles. The zero-order valence-electron chi connectivity index (χ0n) is 13.6. The molecule has 2 rings (SSSR count). The predicted molar refractivity (Wildman–Crippen MR) is 88.3 cm³/mol. The van der Waals surface area contributed by atoms with Gasteiger partial charge in [0, 0.05) is 36.2 Å². The number of aromatic nitrogens is 1. The molecule has 1 aliphatic rings. The predicted octanol–water partition coefficient (Wildman–Crippen LogP) is 3.32. The van der Waals surface area contributed by atoms with E-state index < -0.39 is 0 Å². The number of likely N-dealkylation sites (N-methyl/N-ethyl adjacent to an activating group) is 1. The van der Waals surface area contributed by atoms with Gasteiger partial charge in [0.05, 0.1) is 12.0 Å². The summed E-state index contributed by atoms with van der Waals surface area (Å²) in [4.78, 5) is 18.5. The van der Waals surface area contributed by atoms with Crippen LogP contribution in [0.25, 0.3) is 0 Å². The zero-order chi connectivity index (χ0) is 16.0. The number of thiazole rings is 1. The van der Waals surface area contributed by atoms with Crippen LogP contribution in [0.15, 0.2) is 0 Å². The zero-order valence-corrected chi connectivity index (χ0v) is 15.2. The highest BCUT2D eigenvalue weighted by atomic mass is 32.1. The third-order valence-corrected chi connectivity index (χ3v) is 6.66. The first-order valence-corrected chi connectivity index (χ1v) is 8.34. The topological polar surface area (TPSA) is 45.3 Å². The molecule has 0 spiro atoms. The number of aryl methyl sites for hydroxylation is 1. The van der Waals surface area contributed by atoms with E-state index >= 15 is 0 Å². The molecule has 0 aromatic carbocycles. The number of ether oxygens (including phenoxy) is 1. The van der Waals surface area contributed by atoms with Crippen LogP contribution in [0.2, 0.25) is 0 Å². The van der Waals surface area contributed by atoms with Gasteiger partial charge in [-0.15, -0.1) is 11.3 Å². The van der Waals surface area contributed by atoms with E-state index in [4.69, 9.17) is 17.0 Å². The summed E-state index contributed by atoms with van der Waals surface area (Å²) in [5.41, 5.74) is 0.792. The highest BCUT2D eigenvalue weighted by Crippen LogP contribution is 2.53. The number of hydrogen-bond acceptors (Lipinski definition) is 4. The van der Waals surface area contributed by atoms with Crippen molar-refractivity contribution in [3.63, 3.8) is 0 Å². The quantitative estimate of drug-likeness (QED) is 0.863. The molecule has 1 N–H and O–H groups in total. The Balaban J connectivity index is 2.08. The van der Waals surface area contributed by atoms with E-state index in [1.165, 1.54) is 11.3 Å². The first-order chi connectivity index (χ1) is 9.62. The van der Waals surface area contributed by atoms with Gasteiger partial charge in [-0.25, -0.2) is 0 Å². The molecule has 1 aliphatic carbocycles. The smallest absolute Gasteiger partial charge is 0.227 e. The number of amides is 1. The van der Waals surface area contributed by atoms with Crippen molar-refractivity contribution in [2.75, 3.05) is 14.2 Å². The fourth-order valence-electron chi connectivity index (χ4n) is 3.12. The number of hydrogen-bond donors (Lipinski definition) is 1. The van der Waals surface area contributed by atoms with Gasteiger partial charge in [-0.05, 0) is 32.5 Å². The first kappa shape index (κ1) is 16.6. The molecular weight excluding hydrogens is 304 g/mol. The summed E-state index contributed by atoms with van der Waals surface area (Å²) in [5, 5.41) is 0. The number of nitrogens with one attached hydrogen (secondary N) is 1. The average Bonchev–Trinajstić information content (AvgIpc) is 2.72. The van der Waals surface area contributed by atoms with Gasteiger partial charge < -0.3 is 14.6 Å². The van der Waals surface area contributed by atoms with Crippen molar-refractivity contribution in [2.45, 2.75) is 52.2 Å². The Labute approximate surface area is 135 Å². The SMILES string of the molecule is CO[C@@]1(C)C[C@@H](N(C)C(=O)Cc2sc(=S)[nH]c2C)C1(C)C. The van der Waals surface area contributed by atoms with Crippen LogP contribution in [0.4, 0.5) is 0 Å². The molecule has 0 bridgehead atoms. The molecule has 6 heteroatoms. The average molecular weight is 329 g/mol. The summed E-state index contributed by atoms with van der Waals surface area (Å²) in [6.45, 7) is 8.41. The Kier molecular flexibility index (Phi) is 4.35. The van der Waals surface area contributed by atoms with E-state index in [9.17, 15) is 4.79 Å². The maximum atomic E-state index is 12.5. The number of aromatic amines is 1. The molecule has 118 valence electrons. The second kappa shape index (κ2) is 5.48. The summed E-state index contributed by atoms with van der Waals surface area (Å²) in [7, 11) is 3.64. The van der Waals surface area contributed by atoms with Gasteiger partial charge in [-0.1, -0.05) is 13.8 Å². The summed E-state index contributed by atoms with van der Waals surface area (Å²) >= 11 is 6.62. The van der Waals surface area contributed by atoms with Crippen LogP contribution in [0.5, 0.6) is 0 Å². The minimum Gasteiger partial charge on any atom is -0.378 e. The van der Waals surface area contributed by atoms with E-state index in [2.05, 4.69) is 25.8 Å². The van der Waals surface area contributed by atoms with Gasteiger partial charge >= 0.3 is 0 Å². The number of carbonyl (C=O) groups excluding carboxylic acids is 1. The van der Waals surface area contributed by atoms with Crippen LogP contribution < -0.4 is 0 Å². The molecule has 1 fully saturated rings. The Morgan fingerprint density at radius 1 is 1.52 bits per heavy atom. The Hall–Kier alpha value is -0.720. The van der Waals surface area contributed by atoms with Gasteiger partial charge in [-0.3, -0.25) is 4.79 Å². The van der Waals surface area contributed by atoms with Crippen LogP contribution in [-0.4, -0.2) is 41.6 Å². The van der Waals surface area contributed by atoms with E-state index in [0.717, 1.165) is 20.9 Å². The highest BCUT2D eigenvalue weighted by Gasteiger charge is 2.59. The fourth-order valence-corrected chi connectivity index (χ4v) is 4.40. The van der Waals surface area contributed by atoms with E-state index in [1.807, 2.05) is 18.9 Å². The minimum atomic E-state index is -0.160. The maximum absolute atomic E-state index is 12.5. The lowest BCUT2D eigenvalue weighted by Gasteiger charge is -2.61. The van der Waals surface area contributed by atoms with Crippen LogP contribution in [-0.2, 0) is 16.0 Å². The van der Waals surface area contributed by atoms with Gasteiger partial charge in [-0.2, -0.15) is 0 Å². The van der Waals surface area contributed by atoms with Crippen molar-refractivity contribution in [3.8, 4) is 0 Å². The van der Waals surface area contributed by atoms with Gasteiger partial charge in [0.25, 0.3) is 0 Å². The number of H-pyrrole nitrogens is 1. The molecule has 21 heavy (non-hydrogen) atoms. The van der Waals surface area contributed by atoms with E-state index in [-0.39, 0.29) is 23.0 Å². The van der Waals surface area contributed by atoms with Crippen molar-refractivity contribution in [3.05, 3.63) is 14.5 Å². The normalized spacial score (nSPS) is 27.2. The minimum absolute atomic E-state index is 0.0496. The van der Waals surface area contributed by atoms with Crippen LogP contribution in [0.3, 0.4) is 0 Å². The van der Waals surface area contributed by atoms with Gasteiger partial charge in [0.2, 0.25) is 5.91 Å². The third-order valence-electron chi connectivity index (χ3n) is 5.33. The van der Waals surface area contributed by atoms with Crippen molar-refractivity contribution in [1.82, 2.24) is 9.88 Å². The fraction of sp³-hybridized carbons (Fsp3) is 0.733. The number of rotatable bonds is 4. The summed E-state index contributed by atoms with van der Waals surface area (Å²) in [5.74, 6) is 0.138. The molecule has 1 aromatic rings. The van der Waals surface area contributed by atoms with Crippen molar-refractivity contribution in [1.29, 1.82) is 0 Å². The summed E-state index contributed by atoms with van der Waals surface area (Å²) in [6, 6.07) is 0.210. The third kappa shape index (κ3) is 2.69. The molecule has 1 amide bonds. The highest BCUT2D eigenvalue weighted by molar-refractivity contribution is 7.73. The Morgan fingerprint density at radius 2 is 2.14 bits per heavy atom. The van der Waals surface area contributed by atoms with Crippen LogP contribution in [0.1, 0.15) is 37.8 Å². The summed E-state index contributed by atoms with van der Waals surface area (Å²) < 4.78 is 6.37. The number of methoxy groups -OCH3 is 1. The number of nitrogens with zero attached hydrogens (tertiary/aromatic N) is 1. The van der Waals surface area contributed by atoms with Crippen LogP contribution >= 0.6 is 23.6 Å². The Morgan fingerprint density at radius 3 is 2.57 bits per heavy atom. The van der Waals surface area contributed by atoms with Gasteiger partial charge in [0.15, 0.2) is 3.95 Å². The molecule has 4 nitrogen and oxygen atoms in total. The summed E-state index contributed by atoms with van der Waals surface area (Å²) in [6.07, 6.45) is 1.29. The van der Waals surface area contributed by atoms with Gasteiger partial charge in [0.1, 0.15) is 0 Å². The lowest BCUT2D eigenvalue weighted by molar-refractivity contribution is -0.207. The van der Waals surface area contributed by atoms with Crippen LogP contribution in [0, 0.1) is 16.3 Å². The van der Waals surface area contributed by atoms with E-state index in [1.54, 1.807) is 7.11 Å². The molecule has 2 atom stereocenters. The molecule has 1 aromatic heterocycles. The van der Waals surface area contributed by atoms with Crippen molar-refractivity contribution < 1.29 is 9.53 Å².